The van der Waals surface area contributed by atoms with Gasteiger partial charge in [-0.05, 0) is 27.7 Å². The summed E-state index contributed by atoms with van der Waals surface area (Å²) in [6.07, 6.45) is -0.147. The molecule has 0 unspecified atom stereocenters. The molecule has 4 nitrogen and oxygen atoms in total. The lowest BCUT2D eigenvalue weighted by Gasteiger charge is -2.05. The highest BCUT2D eigenvalue weighted by atomic mass is 16.5. The van der Waals surface area contributed by atoms with Gasteiger partial charge in [0.15, 0.2) is 5.69 Å². The molecule has 2 rings (SSSR count). The number of aromatic amines is 1. The molecule has 0 aliphatic carbocycles. The van der Waals surface area contributed by atoms with Crippen molar-refractivity contribution >= 4 is 5.97 Å². The SMILES string of the molecule is Cc1ccc(-c2nc(C(=O)OC(C)C)c(C)[nH]2)cc1. The molecule has 0 saturated heterocycles. The number of rotatable bonds is 3. The molecule has 100 valence electrons. The van der Waals surface area contributed by atoms with Crippen molar-refractivity contribution in [1.82, 2.24) is 9.97 Å². The monoisotopic (exact) mass is 258 g/mol. The average Bonchev–Trinajstić information content (AvgIpc) is 2.71. The van der Waals surface area contributed by atoms with Crippen molar-refractivity contribution in [1.29, 1.82) is 0 Å². The maximum absolute atomic E-state index is 11.9. The van der Waals surface area contributed by atoms with E-state index in [9.17, 15) is 4.79 Å². The van der Waals surface area contributed by atoms with Crippen LogP contribution in [-0.4, -0.2) is 22.0 Å². The summed E-state index contributed by atoms with van der Waals surface area (Å²) in [4.78, 5) is 19.3. The van der Waals surface area contributed by atoms with Gasteiger partial charge in [-0.3, -0.25) is 0 Å². The van der Waals surface area contributed by atoms with Crippen LogP contribution in [0.25, 0.3) is 11.4 Å². The zero-order valence-corrected chi connectivity index (χ0v) is 11.7. The Morgan fingerprint density at radius 2 is 1.84 bits per heavy atom. The lowest BCUT2D eigenvalue weighted by Crippen LogP contribution is -2.13. The maximum atomic E-state index is 11.9. The number of benzene rings is 1. The summed E-state index contributed by atoms with van der Waals surface area (Å²) in [6.45, 7) is 7.49. The van der Waals surface area contributed by atoms with Crippen LogP contribution in [0, 0.1) is 13.8 Å². The molecule has 0 aliphatic heterocycles. The molecule has 19 heavy (non-hydrogen) atoms. The van der Waals surface area contributed by atoms with E-state index in [1.54, 1.807) is 0 Å². The van der Waals surface area contributed by atoms with Gasteiger partial charge in [-0.25, -0.2) is 9.78 Å². The van der Waals surface area contributed by atoms with Gasteiger partial charge < -0.3 is 9.72 Å². The van der Waals surface area contributed by atoms with Crippen LogP contribution in [0.1, 0.15) is 35.6 Å². The largest absolute Gasteiger partial charge is 0.458 e. The van der Waals surface area contributed by atoms with E-state index >= 15 is 0 Å². The summed E-state index contributed by atoms with van der Waals surface area (Å²) >= 11 is 0. The molecule has 4 heteroatoms. The quantitative estimate of drug-likeness (QED) is 0.860. The van der Waals surface area contributed by atoms with Gasteiger partial charge in [-0.2, -0.15) is 0 Å². The highest BCUT2D eigenvalue weighted by Gasteiger charge is 2.17. The highest BCUT2D eigenvalue weighted by molar-refractivity contribution is 5.89. The number of hydrogen-bond acceptors (Lipinski definition) is 3. The number of carbonyl (C=O) groups excluding carboxylic acids is 1. The number of aryl methyl sites for hydroxylation is 2. The third kappa shape index (κ3) is 3.02. The molecule has 0 saturated carbocycles. The number of ether oxygens (including phenoxy) is 1. The minimum absolute atomic E-state index is 0.147. The molecule has 0 bridgehead atoms. The van der Waals surface area contributed by atoms with Crippen LogP contribution in [0.5, 0.6) is 0 Å². The molecular weight excluding hydrogens is 240 g/mol. The third-order valence-corrected chi connectivity index (χ3v) is 2.75. The summed E-state index contributed by atoms with van der Waals surface area (Å²) in [6, 6.07) is 7.98. The van der Waals surface area contributed by atoms with Gasteiger partial charge in [0.2, 0.25) is 0 Å². The van der Waals surface area contributed by atoms with Crippen molar-refractivity contribution in [2.45, 2.75) is 33.8 Å². The second-order valence-electron chi connectivity index (χ2n) is 4.88. The van der Waals surface area contributed by atoms with E-state index < -0.39 is 0 Å². The Hall–Kier alpha value is -2.10. The Kier molecular flexibility index (Phi) is 3.69. The van der Waals surface area contributed by atoms with Crippen LogP contribution >= 0.6 is 0 Å². The number of carbonyl (C=O) groups is 1. The summed E-state index contributed by atoms with van der Waals surface area (Å²) in [5, 5.41) is 0. The zero-order chi connectivity index (χ0) is 14.0. The normalized spacial score (nSPS) is 10.8. The third-order valence-electron chi connectivity index (χ3n) is 2.75. The standard InChI is InChI=1S/C15H18N2O2/c1-9(2)19-15(18)13-11(4)16-14(17-13)12-7-5-10(3)6-8-12/h5-9H,1-4H3,(H,16,17). The molecule has 1 aromatic carbocycles. The van der Waals surface area contributed by atoms with Gasteiger partial charge in [0.25, 0.3) is 0 Å². The van der Waals surface area contributed by atoms with Gasteiger partial charge in [0.05, 0.1) is 6.10 Å². The molecule has 0 spiro atoms. The Morgan fingerprint density at radius 1 is 1.21 bits per heavy atom. The van der Waals surface area contributed by atoms with Crippen LogP contribution in [0.4, 0.5) is 0 Å². The van der Waals surface area contributed by atoms with E-state index in [1.165, 1.54) is 5.56 Å². The van der Waals surface area contributed by atoms with Crippen LogP contribution in [0.2, 0.25) is 0 Å². The fraction of sp³-hybridized carbons (Fsp3) is 0.333. The number of nitrogens with one attached hydrogen (secondary N) is 1. The van der Waals surface area contributed by atoms with E-state index in [0.29, 0.717) is 11.5 Å². The number of hydrogen-bond donors (Lipinski definition) is 1. The molecule has 2 aromatic rings. The van der Waals surface area contributed by atoms with Crippen LogP contribution in [0.15, 0.2) is 24.3 Å². The number of imidazole rings is 1. The first-order valence-electron chi connectivity index (χ1n) is 6.32. The fourth-order valence-corrected chi connectivity index (χ4v) is 1.78. The van der Waals surface area contributed by atoms with Gasteiger partial charge in [0, 0.05) is 11.3 Å². The van der Waals surface area contributed by atoms with Crippen LogP contribution in [0.3, 0.4) is 0 Å². The van der Waals surface area contributed by atoms with Crippen LogP contribution in [-0.2, 0) is 4.74 Å². The molecule has 0 atom stereocenters. The van der Waals surface area contributed by atoms with E-state index in [4.69, 9.17) is 4.74 Å². The summed E-state index contributed by atoms with van der Waals surface area (Å²) in [5.41, 5.74) is 3.22. The van der Waals surface area contributed by atoms with Gasteiger partial charge in [0.1, 0.15) is 5.82 Å². The smallest absolute Gasteiger partial charge is 0.359 e. The summed E-state index contributed by atoms with van der Waals surface area (Å²) in [7, 11) is 0. The van der Waals surface area contributed by atoms with Crippen molar-refractivity contribution in [3.05, 3.63) is 41.2 Å². The number of esters is 1. The molecule has 0 radical (unpaired) electrons. The van der Waals surface area contributed by atoms with Crippen molar-refractivity contribution in [3.63, 3.8) is 0 Å². The first-order valence-corrected chi connectivity index (χ1v) is 6.32. The summed E-state index contributed by atoms with van der Waals surface area (Å²) < 4.78 is 5.16. The lowest BCUT2D eigenvalue weighted by atomic mass is 10.1. The topological polar surface area (TPSA) is 55.0 Å². The number of nitrogens with zero attached hydrogens (tertiary/aromatic N) is 1. The first kappa shape index (κ1) is 13.3. The minimum Gasteiger partial charge on any atom is -0.458 e. The van der Waals surface area contributed by atoms with E-state index in [-0.39, 0.29) is 12.1 Å². The number of H-pyrrole nitrogens is 1. The Morgan fingerprint density at radius 3 is 2.42 bits per heavy atom. The first-order chi connectivity index (χ1) is 8.97. The highest BCUT2D eigenvalue weighted by Crippen LogP contribution is 2.19. The minimum atomic E-state index is -0.387. The molecule has 1 aromatic heterocycles. The van der Waals surface area contributed by atoms with Gasteiger partial charge in [-0.1, -0.05) is 29.8 Å². The van der Waals surface area contributed by atoms with Crippen molar-refractivity contribution < 1.29 is 9.53 Å². The molecular formula is C15H18N2O2. The average molecular weight is 258 g/mol. The maximum Gasteiger partial charge on any atom is 0.359 e. The predicted molar refractivity (Wildman–Crippen MR) is 74.0 cm³/mol. The Labute approximate surface area is 112 Å². The predicted octanol–water partition coefficient (Wildman–Crippen LogP) is 3.26. The number of aromatic nitrogens is 2. The second-order valence-corrected chi connectivity index (χ2v) is 4.88. The van der Waals surface area contributed by atoms with E-state index in [2.05, 4.69) is 9.97 Å². The van der Waals surface area contributed by atoms with Crippen molar-refractivity contribution in [2.75, 3.05) is 0 Å². The second kappa shape index (κ2) is 5.26. The molecule has 0 fully saturated rings. The molecule has 0 aliphatic rings. The Balaban J connectivity index is 2.30. The lowest BCUT2D eigenvalue weighted by molar-refractivity contribution is 0.0370. The summed E-state index contributed by atoms with van der Waals surface area (Å²) in [5.74, 6) is 0.301. The fourth-order valence-electron chi connectivity index (χ4n) is 1.78. The van der Waals surface area contributed by atoms with Gasteiger partial charge in [-0.15, -0.1) is 0 Å². The molecule has 0 amide bonds. The molecule has 1 N–H and O–H groups in total. The Bertz CT molecular complexity index is 583. The van der Waals surface area contributed by atoms with E-state index in [0.717, 1.165) is 11.3 Å². The van der Waals surface area contributed by atoms with E-state index in [1.807, 2.05) is 52.0 Å². The molecule has 1 heterocycles. The van der Waals surface area contributed by atoms with Crippen molar-refractivity contribution in [3.8, 4) is 11.4 Å². The van der Waals surface area contributed by atoms with Gasteiger partial charge >= 0.3 is 5.97 Å². The van der Waals surface area contributed by atoms with Crippen molar-refractivity contribution in [2.24, 2.45) is 0 Å². The zero-order valence-electron chi connectivity index (χ0n) is 11.7. The van der Waals surface area contributed by atoms with Crippen LogP contribution < -0.4 is 0 Å².